The van der Waals surface area contributed by atoms with E-state index in [4.69, 9.17) is 0 Å². The molecule has 0 spiro atoms. The molecular formula is C8H9N3. The highest BCUT2D eigenvalue weighted by Gasteiger charge is 1.94. The lowest BCUT2D eigenvalue weighted by Crippen LogP contribution is -1.90. The van der Waals surface area contributed by atoms with Crippen LogP contribution >= 0.6 is 0 Å². The van der Waals surface area contributed by atoms with E-state index < -0.39 is 0 Å². The monoisotopic (exact) mass is 147 g/mol. The summed E-state index contributed by atoms with van der Waals surface area (Å²) in [5, 5.41) is 0. The highest BCUT2D eigenvalue weighted by molar-refractivity contribution is 5.38. The third-order valence-electron chi connectivity index (χ3n) is 1.70. The fourth-order valence-electron chi connectivity index (χ4n) is 1.05. The summed E-state index contributed by atoms with van der Waals surface area (Å²) in [7, 11) is 0. The maximum atomic E-state index is 4.22. The fraction of sp³-hybridized carbons (Fsp3) is 0.250. The predicted octanol–water partition coefficient (Wildman–Crippen LogP) is 1.29. The predicted molar refractivity (Wildman–Crippen MR) is 42.4 cm³/mol. The van der Waals surface area contributed by atoms with Crippen LogP contribution in [-0.4, -0.2) is 14.4 Å². The van der Waals surface area contributed by atoms with Crippen molar-refractivity contribution in [3.8, 4) is 0 Å². The number of aromatic nitrogens is 3. The molecule has 0 N–H and O–H groups in total. The Morgan fingerprint density at radius 1 is 1.45 bits per heavy atom. The number of hydrogen-bond donors (Lipinski definition) is 0. The molecule has 0 aromatic carbocycles. The molecule has 0 unspecified atom stereocenters. The Labute approximate surface area is 64.7 Å². The molecule has 0 radical (unpaired) electrons. The van der Waals surface area contributed by atoms with E-state index in [1.807, 2.05) is 16.7 Å². The van der Waals surface area contributed by atoms with Crippen LogP contribution < -0.4 is 0 Å². The summed E-state index contributed by atoms with van der Waals surface area (Å²) in [6, 6.07) is 2.00. The molecule has 3 heteroatoms. The van der Waals surface area contributed by atoms with E-state index in [0.29, 0.717) is 0 Å². The second kappa shape index (κ2) is 2.34. The first-order chi connectivity index (χ1) is 5.40. The number of fused-ring (bicyclic) bond motifs is 1. The van der Waals surface area contributed by atoms with Gasteiger partial charge in [0.05, 0.1) is 0 Å². The van der Waals surface area contributed by atoms with Crippen molar-refractivity contribution in [3.05, 3.63) is 30.5 Å². The van der Waals surface area contributed by atoms with Gasteiger partial charge in [-0.1, -0.05) is 6.92 Å². The minimum Gasteiger partial charge on any atom is -0.290 e. The fourth-order valence-corrected chi connectivity index (χ4v) is 1.05. The van der Waals surface area contributed by atoms with Gasteiger partial charge < -0.3 is 0 Å². The van der Waals surface area contributed by atoms with Gasteiger partial charge in [0.25, 0.3) is 0 Å². The van der Waals surface area contributed by atoms with Gasteiger partial charge in [0.2, 0.25) is 0 Å². The minimum atomic E-state index is 0.962. The second-order valence-electron chi connectivity index (χ2n) is 2.43. The van der Waals surface area contributed by atoms with E-state index in [9.17, 15) is 0 Å². The molecule has 0 aliphatic rings. The van der Waals surface area contributed by atoms with Crippen molar-refractivity contribution in [2.45, 2.75) is 13.3 Å². The maximum Gasteiger partial charge on any atom is 0.139 e. The molecule has 0 fully saturated rings. The first-order valence-electron chi connectivity index (χ1n) is 3.67. The Morgan fingerprint density at radius 2 is 2.36 bits per heavy atom. The van der Waals surface area contributed by atoms with Crippen molar-refractivity contribution >= 4 is 5.65 Å². The van der Waals surface area contributed by atoms with Crippen LogP contribution in [0.1, 0.15) is 12.6 Å². The van der Waals surface area contributed by atoms with Crippen LogP contribution in [0, 0.1) is 0 Å². The number of nitrogens with zero attached hydrogens (tertiary/aromatic N) is 3. The molecule has 0 saturated carbocycles. The number of imidazole rings is 1. The van der Waals surface area contributed by atoms with Gasteiger partial charge >= 0.3 is 0 Å². The van der Waals surface area contributed by atoms with Gasteiger partial charge in [-0.25, -0.2) is 9.97 Å². The van der Waals surface area contributed by atoms with E-state index >= 15 is 0 Å². The molecule has 11 heavy (non-hydrogen) atoms. The molecule has 3 nitrogen and oxygen atoms in total. The summed E-state index contributed by atoms with van der Waals surface area (Å²) in [6.45, 7) is 2.09. The van der Waals surface area contributed by atoms with Crippen molar-refractivity contribution in [2.24, 2.45) is 0 Å². The Bertz CT molecular complexity index is 364. The van der Waals surface area contributed by atoms with E-state index in [-0.39, 0.29) is 0 Å². The SMILES string of the molecule is CCc1cc2nccn2cn1. The second-order valence-corrected chi connectivity index (χ2v) is 2.43. The molecule has 2 heterocycles. The summed E-state index contributed by atoms with van der Waals surface area (Å²) in [6.07, 6.45) is 6.42. The van der Waals surface area contributed by atoms with Crippen molar-refractivity contribution in [1.29, 1.82) is 0 Å². The van der Waals surface area contributed by atoms with E-state index in [1.54, 1.807) is 12.5 Å². The van der Waals surface area contributed by atoms with Gasteiger partial charge in [0.1, 0.15) is 12.0 Å². The molecule has 0 amide bonds. The Balaban J connectivity index is 2.67. The number of rotatable bonds is 1. The lowest BCUT2D eigenvalue weighted by Gasteiger charge is -1.95. The van der Waals surface area contributed by atoms with Crippen LogP contribution in [0.25, 0.3) is 5.65 Å². The van der Waals surface area contributed by atoms with Crippen LogP contribution in [0.15, 0.2) is 24.8 Å². The van der Waals surface area contributed by atoms with E-state index in [1.165, 1.54) is 0 Å². The number of hydrogen-bond acceptors (Lipinski definition) is 2. The lowest BCUT2D eigenvalue weighted by atomic mass is 10.3. The highest BCUT2D eigenvalue weighted by Crippen LogP contribution is 2.01. The van der Waals surface area contributed by atoms with Crippen LogP contribution in [0.2, 0.25) is 0 Å². The lowest BCUT2D eigenvalue weighted by molar-refractivity contribution is 0.977. The van der Waals surface area contributed by atoms with Gasteiger partial charge in [-0.3, -0.25) is 4.40 Å². The highest BCUT2D eigenvalue weighted by atomic mass is 15.0. The molecule has 56 valence electrons. The Kier molecular flexibility index (Phi) is 1.35. The van der Waals surface area contributed by atoms with Crippen molar-refractivity contribution in [2.75, 3.05) is 0 Å². The first kappa shape index (κ1) is 6.34. The zero-order valence-corrected chi connectivity index (χ0v) is 6.36. The summed E-state index contributed by atoms with van der Waals surface area (Å²) in [5.74, 6) is 0. The standard InChI is InChI=1S/C8H9N3/c1-2-7-5-8-9-3-4-11(8)6-10-7/h3-6H,2H2,1H3. The molecule has 2 aromatic rings. The largest absolute Gasteiger partial charge is 0.290 e. The molecule has 0 bridgehead atoms. The third kappa shape index (κ3) is 0.981. The Morgan fingerprint density at radius 3 is 3.18 bits per heavy atom. The van der Waals surface area contributed by atoms with Crippen LogP contribution in [0.4, 0.5) is 0 Å². The Hall–Kier alpha value is -1.38. The maximum absolute atomic E-state index is 4.22. The summed E-state index contributed by atoms with van der Waals surface area (Å²) in [4.78, 5) is 8.37. The normalized spacial score (nSPS) is 10.6. The van der Waals surface area contributed by atoms with Crippen molar-refractivity contribution in [3.63, 3.8) is 0 Å². The molecule has 0 aliphatic heterocycles. The quantitative estimate of drug-likeness (QED) is 0.608. The molecule has 0 saturated heterocycles. The van der Waals surface area contributed by atoms with Gasteiger partial charge in [-0.2, -0.15) is 0 Å². The smallest absolute Gasteiger partial charge is 0.139 e. The van der Waals surface area contributed by atoms with Crippen LogP contribution in [-0.2, 0) is 6.42 Å². The van der Waals surface area contributed by atoms with Crippen LogP contribution in [0.5, 0.6) is 0 Å². The summed E-state index contributed by atoms with van der Waals surface area (Å²) in [5.41, 5.74) is 2.06. The third-order valence-corrected chi connectivity index (χ3v) is 1.70. The zero-order chi connectivity index (χ0) is 7.68. The molecule has 0 atom stereocenters. The molecule has 0 aliphatic carbocycles. The van der Waals surface area contributed by atoms with Crippen LogP contribution in [0.3, 0.4) is 0 Å². The topological polar surface area (TPSA) is 30.2 Å². The molecule has 2 aromatic heterocycles. The van der Waals surface area contributed by atoms with Gasteiger partial charge in [-0.05, 0) is 6.42 Å². The van der Waals surface area contributed by atoms with Gasteiger partial charge in [-0.15, -0.1) is 0 Å². The van der Waals surface area contributed by atoms with Gasteiger partial charge in [0, 0.05) is 24.2 Å². The van der Waals surface area contributed by atoms with Crippen molar-refractivity contribution < 1.29 is 0 Å². The van der Waals surface area contributed by atoms with E-state index in [0.717, 1.165) is 17.8 Å². The van der Waals surface area contributed by atoms with Crippen molar-refractivity contribution in [1.82, 2.24) is 14.4 Å². The summed E-state index contributed by atoms with van der Waals surface area (Å²) < 4.78 is 1.90. The first-order valence-corrected chi connectivity index (χ1v) is 3.67. The zero-order valence-electron chi connectivity index (χ0n) is 6.36. The molecular weight excluding hydrogens is 138 g/mol. The van der Waals surface area contributed by atoms with E-state index in [2.05, 4.69) is 16.9 Å². The summed E-state index contributed by atoms with van der Waals surface area (Å²) >= 11 is 0. The number of aryl methyl sites for hydroxylation is 1. The average molecular weight is 147 g/mol. The minimum absolute atomic E-state index is 0.962. The average Bonchev–Trinajstić information content (AvgIpc) is 2.50. The van der Waals surface area contributed by atoms with Gasteiger partial charge in [0.15, 0.2) is 0 Å². The molecule has 2 rings (SSSR count).